The average Bonchev–Trinajstić information content (AvgIpc) is 2.47. The van der Waals surface area contributed by atoms with E-state index in [1.54, 1.807) is 0 Å². The fraction of sp³-hybridized carbons (Fsp3) is 0.188. The van der Waals surface area contributed by atoms with E-state index in [4.69, 9.17) is 4.74 Å². The first-order valence-electron chi connectivity index (χ1n) is 6.23. The predicted octanol–water partition coefficient (Wildman–Crippen LogP) is 4.01. The first kappa shape index (κ1) is 13.7. The van der Waals surface area contributed by atoms with Crippen LogP contribution in [0.2, 0.25) is 0 Å². The van der Waals surface area contributed by atoms with Gasteiger partial charge in [-0.15, -0.1) is 11.8 Å². The minimum absolute atomic E-state index is 0.167. The number of rotatable bonds is 5. The fourth-order valence-corrected chi connectivity index (χ4v) is 2.42. The Labute approximate surface area is 117 Å². The molecule has 0 atom stereocenters. The van der Waals surface area contributed by atoms with Gasteiger partial charge in [0.25, 0.3) is 0 Å². The SMILES string of the molecule is CCOC(=O)CSc1ccc(-c2ccccc2)cc1. The maximum absolute atomic E-state index is 11.3. The van der Waals surface area contributed by atoms with Gasteiger partial charge in [0.15, 0.2) is 0 Å². The molecule has 0 aromatic heterocycles. The summed E-state index contributed by atoms with van der Waals surface area (Å²) >= 11 is 1.50. The zero-order valence-electron chi connectivity index (χ0n) is 10.8. The molecule has 0 aliphatic carbocycles. The minimum atomic E-state index is -0.167. The van der Waals surface area contributed by atoms with Gasteiger partial charge in [0.1, 0.15) is 0 Å². The molecule has 98 valence electrons. The summed E-state index contributed by atoms with van der Waals surface area (Å²) in [7, 11) is 0. The van der Waals surface area contributed by atoms with Crippen LogP contribution in [0.4, 0.5) is 0 Å². The van der Waals surface area contributed by atoms with Gasteiger partial charge in [-0.3, -0.25) is 4.79 Å². The Morgan fingerprint density at radius 3 is 2.26 bits per heavy atom. The topological polar surface area (TPSA) is 26.3 Å². The van der Waals surface area contributed by atoms with E-state index in [2.05, 4.69) is 24.3 Å². The Balaban J connectivity index is 1.97. The van der Waals surface area contributed by atoms with Crippen molar-refractivity contribution >= 4 is 17.7 Å². The number of carbonyl (C=O) groups is 1. The van der Waals surface area contributed by atoms with Gasteiger partial charge in [-0.25, -0.2) is 0 Å². The normalized spacial score (nSPS) is 10.2. The van der Waals surface area contributed by atoms with Crippen molar-refractivity contribution in [3.8, 4) is 11.1 Å². The molecule has 3 heteroatoms. The van der Waals surface area contributed by atoms with Crippen molar-refractivity contribution in [2.75, 3.05) is 12.4 Å². The minimum Gasteiger partial charge on any atom is -0.465 e. The van der Waals surface area contributed by atoms with Crippen molar-refractivity contribution in [3.63, 3.8) is 0 Å². The van der Waals surface area contributed by atoms with E-state index in [0.717, 1.165) is 4.90 Å². The summed E-state index contributed by atoms with van der Waals surface area (Å²) in [5, 5.41) is 0. The molecule has 2 nitrogen and oxygen atoms in total. The van der Waals surface area contributed by atoms with Crippen molar-refractivity contribution in [2.24, 2.45) is 0 Å². The van der Waals surface area contributed by atoms with E-state index in [9.17, 15) is 4.79 Å². The van der Waals surface area contributed by atoms with Crippen molar-refractivity contribution < 1.29 is 9.53 Å². The number of carbonyl (C=O) groups excluding carboxylic acids is 1. The summed E-state index contributed by atoms with van der Waals surface area (Å²) in [5.41, 5.74) is 2.38. The smallest absolute Gasteiger partial charge is 0.316 e. The summed E-state index contributed by atoms with van der Waals surface area (Å²) in [4.78, 5) is 12.3. The van der Waals surface area contributed by atoms with Gasteiger partial charge in [0.2, 0.25) is 0 Å². The molecule has 0 N–H and O–H groups in total. The maximum Gasteiger partial charge on any atom is 0.316 e. The summed E-state index contributed by atoms with van der Waals surface area (Å²) in [6.45, 7) is 2.25. The molecule has 0 amide bonds. The van der Waals surface area contributed by atoms with Crippen LogP contribution in [0.3, 0.4) is 0 Å². The number of esters is 1. The molecule has 0 bridgehead atoms. The maximum atomic E-state index is 11.3. The van der Waals surface area contributed by atoms with Crippen LogP contribution in [0.1, 0.15) is 6.92 Å². The molecule has 19 heavy (non-hydrogen) atoms. The third kappa shape index (κ3) is 4.14. The van der Waals surface area contributed by atoms with Gasteiger partial charge in [-0.2, -0.15) is 0 Å². The van der Waals surface area contributed by atoms with Crippen molar-refractivity contribution in [3.05, 3.63) is 54.6 Å². The molecule has 2 rings (SSSR count). The van der Waals surface area contributed by atoms with E-state index in [1.807, 2.05) is 37.3 Å². The molecule has 0 aliphatic rings. The Bertz CT molecular complexity index is 520. The molecule has 0 aliphatic heterocycles. The van der Waals surface area contributed by atoms with Gasteiger partial charge in [0, 0.05) is 4.90 Å². The molecule has 0 radical (unpaired) electrons. The molecular formula is C16H16O2S. The molecule has 0 spiro atoms. The zero-order chi connectivity index (χ0) is 13.5. The number of thioether (sulfide) groups is 1. The second kappa shape index (κ2) is 7.00. The Hall–Kier alpha value is -1.74. The lowest BCUT2D eigenvalue weighted by Crippen LogP contribution is -2.06. The Morgan fingerprint density at radius 2 is 1.63 bits per heavy atom. The van der Waals surface area contributed by atoms with Crippen molar-refractivity contribution in [1.29, 1.82) is 0 Å². The molecule has 0 unspecified atom stereocenters. The van der Waals surface area contributed by atoms with E-state index < -0.39 is 0 Å². The second-order valence-electron chi connectivity index (χ2n) is 3.98. The van der Waals surface area contributed by atoms with Crippen LogP contribution in [-0.2, 0) is 9.53 Å². The van der Waals surface area contributed by atoms with Gasteiger partial charge < -0.3 is 4.74 Å². The quantitative estimate of drug-likeness (QED) is 0.607. The number of benzene rings is 2. The van der Waals surface area contributed by atoms with E-state index in [0.29, 0.717) is 12.4 Å². The molecule has 0 fully saturated rings. The van der Waals surface area contributed by atoms with Gasteiger partial charge >= 0.3 is 5.97 Å². The monoisotopic (exact) mass is 272 g/mol. The fourth-order valence-electron chi connectivity index (χ4n) is 1.72. The first-order chi connectivity index (χ1) is 9.29. The third-order valence-corrected chi connectivity index (χ3v) is 3.61. The van der Waals surface area contributed by atoms with Crippen LogP contribution in [0.25, 0.3) is 11.1 Å². The van der Waals surface area contributed by atoms with Crippen LogP contribution < -0.4 is 0 Å². The van der Waals surface area contributed by atoms with Crippen molar-refractivity contribution in [1.82, 2.24) is 0 Å². The molecule has 2 aromatic carbocycles. The number of ether oxygens (including phenoxy) is 1. The van der Waals surface area contributed by atoms with Crippen LogP contribution >= 0.6 is 11.8 Å². The van der Waals surface area contributed by atoms with Crippen LogP contribution in [0.5, 0.6) is 0 Å². The molecule has 0 heterocycles. The first-order valence-corrected chi connectivity index (χ1v) is 7.22. The lowest BCUT2D eigenvalue weighted by atomic mass is 10.1. The van der Waals surface area contributed by atoms with Gasteiger partial charge in [-0.05, 0) is 30.2 Å². The van der Waals surface area contributed by atoms with Crippen molar-refractivity contribution in [2.45, 2.75) is 11.8 Å². The summed E-state index contributed by atoms with van der Waals surface area (Å²) in [5.74, 6) is 0.193. The van der Waals surface area contributed by atoms with E-state index in [-0.39, 0.29) is 5.97 Å². The van der Waals surface area contributed by atoms with Crippen LogP contribution in [-0.4, -0.2) is 18.3 Å². The molecule has 0 saturated carbocycles. The lowest BCUT2D eigenvalue weighted by Gasteiger charge is -2.04. The highest BCUT2D eigenvalue weighted by molar-refractivity contribution is 8.00. The van der Waals surface area contributed by atoms with Gasteiger partial charge in [0.05, 0.1) is 12.4 Å². The van der Waals surface area contributed by atoms with E-state index in [1.165, 1.54) is 22.9 Å². The third-order valence-electron chi connectivity index (χ3n) is 2.62. The lowest BCUT2D eigenvalue weighted by molar-refractivity contribution is -0.139. The largest absolute Gasteiger partial charge is 0.465 e. The summed E-state index contributed by atoms with van der Waals surface area (Å²) in [6.07, 6.45) is 0. The summed E-state index contributed by atoms with van der Waals surface area (Å²) in [6, 6.07) is 18.4. The number of hydrogen-bond donors (Lipinski definition) is 0. The second-order valence-corrected chi connectivity index (χ2v) is 5.03. The number of hydrogen-bond acceptors (Lipinski definition) is 3. The van der Waals surface area contributed by atoms with Crippen LogP contribution in [0, 0.1) is 0 Å². The Morgan fingerprint density at radius 1 is 1.00 bits per heavy atom. The molecular weight excluding hydrogens is 256 g/mol. The molecule has 0 saturated heterocycles. The highest BCUT2D eigenvalue weighted by atomic mass is 32.2. The highest BCUT2D eigenvalue weighted by Crippen LogP contribution is 2.24. The standard InChI is InChI=1S/C16H16O2S/c1-2-18-16(17)12-19-15-10-8-14(9-11-15)13-6-4-3-5-7-13/h3-11H,2,12H2,1H3. The molecule has 2 aromatic rings. The Kier molecular flexibility index (Phi) is 5.04. The highest BCUT2D eigenvalue weighted by Gasteiger charge is 2.03. The van der Waals surface area contributed by atoms with E-state index >= 15 is 0 Å². The average molecular weight is 272 g/mol. The zero-order valence-corrected chi connectivity index (χ0v) is 11.7. The van der Waals surface area contributed by atoms with Gasteiger partial charge in [-0.1, -0.05) is 42.5 Å². The van der Waals surface area contributed by atoms with Crippen LogP contribution in [0.15, 0.2) is 59.5 Å². The predicted molar refractivity (Wildman–Crippen MR) is 79.2 cm³/mol. The summed E-state index contributed by atoms with van der Waals surface area (Å²) < 4.78 is 4.90.